The minimum atomic E-state index is -0.156. The van der Waals surface area contributed by atoms with E-state index in [1.54, 1.807) is 37.7 Å². The molecule has 0 fully saturated rings. The van der Waals surface area contributed by atoms with E-state index in [4.69, 9.17) is 9.47 Å². The second-order valence-electron chi connectivity index (χ2n) is 5.58. The van der Waals surface area contributed by atoms with Gasteiger partial charge in [0.2, 0.25) is 4.96 Å². The normalized spacial score (nSPS) is 12.0. The Bertz CT molecular complexity index is 1210. The molecule has 0 aliphatic carbocycles. The number of benzene rings is 1. The van der Waals surface area contributed by atoms with Gasteiger partial charge in [-0.15, -0.1) is 16.4 Å². The van der Waals surface area contributed by atoms with Gasteiger partial charge in [0.05, 0.1) is 18.8 Å². The molecule has 0 aliphatic heterocycles. The van der Waals surface area contributed by atoms with Gasteiger partial charge in [0.25, 0.3) is 5.56 Å². The van der Waals surface area contributed by atoms with E-state index in [1.807, 2.05) is 30.5 Å². The van der Waals surface area contributed by atoms with Crippen LogP contribution >= 0.6 is 22.7 Å². The van der Waals surface area contributed by atoms with Gasteiger partial charge in [0, 0.05) is 10.4 Å². The van der Waals surface area contributed by atoms with Crippen LogP contribution in [0, 0.1) is 6.92 Å². The summed E-state index contributed by atoms with van der Waals surface area (Å²) in [4.78, 5) is 18.8. The van der Waals surface area contributed by atoms with Crippen LogP contribution in [0.2, 0.25) is 0 Å². The van der Waals surface area contributed by atoms with E-state index < -0.39 is 0 Å². The molecular weight excluding hydrogens is 370 g/mol. The lowest BCUT2D eigenvalue weighted by atomic mass is 10.2. The van der Waals surface area contributed by atoms with Crippen LogP contribution in [0.15, 0.2) is 34.4 Å². The lowest BCUT2D eigenvalue weighted by molar-refractivity contribution is 0.355. The highest BCUT2D eigenvalue weighted by atomic mass is 32.1. The van der Waals surface area contributed by atoms with Crippen molar-refractivity contribution in [3.63, 3.8) is 0 Å². The second-order valence-corrected chi connectivity index (χ2v) is 7.54. The maximum absolute atomic E-state index is 12.6. The van der Waals surface area contributed by atoms with Gasteiger partial charge in [-0.3, -0.25) is 4.79 Å². The summed E-state index contributed by atoms with van der Waals surface area (Å²) in [5, 5.41) is 6.39. The standard InChI is InChI=1S/C18H15N3O3S2/c1-10-6-7-25-14(10)9-15-17(22)21-18(26-15)19-16(20-21)11-4-5-12(23-2)13(8-11)24-3/h4-9H,1-3H3. The molecule has 6 nitrogen and oxygen atoms in total. The van der Waals surface area contributed by atoms with E-state index in [9.17, 15) is 4.79 Å². The predicted molar refractivity (Wildman–Crippen MR) is 104 cm³/mol. The molecule has 0 amide bonds. The molecule has 0 atom stereocenters. The number of fused-ring (bicyclic) bond motifs is 1. The van der Waals surface area contributed by atoms with E-state index >= 15 is 0 Å². The fourth-order valence-corrected chi connectivity index (χ4v) is 4.41. The maximum atomic E-state index is 12.6. The molecule has 0 spiro atoms. The average molecular weight is 385 g/mol. The van der Waals surface area contributed by atoms with Crippen LogP contribution < -0.4 is 19.6 Å². The van der Waals surface area contributed by atoms with Crippen molar-refractivity contribution in [2.75, 3.05) is 14.2 Å². The van der Waals surface area contributed by atoms with Crippen LogP contribution in [0.1, 0.15) is 10.4 Å². The number of nitrogens with zero attached hydrogens (tertiary/aromatic N) is 3. The van der Waals surface area contributed by atoms with Gasteiger partial charge in [-0.25, -0.2) is 0 Å². The number of ether oxygens (including phenoxy) is 2. The monoisotopic (exact) mass is 385 g/mol. The summed E-state index contributed by atoms with van der Waals surface area (Å²) in [7, 11) is 3.16. The Morgan fingerprint density at radius 3 is 2.62 bits per heavy atom. The van der Waals surface area contributed by atoms with Crippen LogP contribution in [-0.2, 0) is 0 Å². The zero-order valence-electron chi connectivity index (χ0n) is 14.3. The molecule has 0 bridgehead atoms. The summed E-state index contributed by atoms with van der Waals surface area (Å²) >= 11 is 2.95. The minimum Gasteiger partial charge on any atom is -0.493 e. The Morgan fingerprint density at radius 1 is 1.15 bits per heavy atom. The Labute approximate surface area is 157 Å². The third-order valence-electron chi connectivity index (χ3n) is 3.99. The van der Waals surface area contributed by atoms with Crippen molar-refractivity contribution < 1.29 is 9.47 Å². The largest absolute Gasteiger partial charge is 0.493 e. The number of hydrogen-bond donors (Lipinski definition) is 0. The Hall–Kier alpha value is -2.71. The first-order valence-corrected chi connectivity index (χ1v) is 9.48. The number of thiophene rings is 1. The van der Waals surface area contributed by atoms with Crippen LogP contribution in [0.3, 0.4) is 0 Å². The van der Waals surface area contributed by atoms with Gasteiger partial charge in [-0.1, -0.05) is 11.3 Å². The van der Waals surface area contributed by atoms with Crippen molar-refractivity contribution in [2.45, 2.75) is 6.92 Å². The number of methoxy groups -OCH3 is 2. The third kappa shape index (κ3) is 2.77. The van der Waals surface area contributed by atoms with Crippen molar-refractivity contribution in [2.24, 2.45) is 0 Å². The fourth-order valence-electron chi connectivity index (χ4n) is 2.58. The molecule has 8 heteroatoms. The number of aromatic nitrogens is 3. The van der Waals surface area contributed by atoms with Gasteiger partial charge in [-0.05, 0) is 48.2 Å². The molecule has 3 aromatic heterocycles. The Morgan fingerprint density at radius 2 is 1.96 bits per heavy atom. The van der Waals surface area contributed by atoms with Crippen molar-refractivity contribution in [1.82, 2.24) is 14.6 Å². The van der Waals surface area contributed by atoms with Crippen molar-refractivity contribution in [3.05, 3.63) is 55.0 Å². The highest BCUT2D eigenvalue weighted by Crippen LogP contribution is 2.31. The summed E-state index contributed by atoms with van der Waals surface area (Å²) in [6.07, 6.45) is 1.90. The lowest BCUT2D eigenvalue weighted by Gasteiger charge is -2.07. The summed E-state index contributed by atoms with van der Waals surface area (Å²) < 4.78 is 12.5. The lowest BCUT2D eigenvalue weighted by Crippen LogP contribution is -2.23. The van der Waals surface area contributed by atoms with Gasteiger partial charge in [0.1, 0.15) is 0 Å². The summed E-state index contributed by atoms with van der Waals surface area (Å²) in [6, 6.07) is 7.46. The topological polar surface area (TPSA) is 65.7 Å². The van der Waals surface area contributed by atoms with Gasteiger partial charge in [-0.2, -0.15) is 9.50 Å². The van der Waals surface area contributed by atoms with Gasteiger partial charge < -0.3 is 9.47 Å². The first-order valence-electron chi connectivity index (χ1n) is 7.78. The Kier molecular flexibility index (Phi) is 4.21. The van der Waals surface area contributed by atoms with Crippen molar-refractivity contribution in [3.8, 4) is 22.9 Å². The number of thiazole rings is 1. The first kappa shape index (κ1) is 16.7. The van der Waals surface area contributed by atoms with E-state index in [2.05, 4.69) is 10.1 Å². The molecule has 0 N–H and O–H groups in total. The predicted octanol–water partition coefficient (Wildman–Crippen LogP) is 2.75. The van der Waals surface area contributed by atoms with Crippen LogP contribution in [0.4, 0.5) is 0 Å². The Balaban J connectivity index is 1.80. The average Bonchev–Trinajstić information content (AvgIpc) is 3.33. The van der Waals surface area contributed by atoms with Crippen molar-refractivity contribution in [1.29, 1.82) is 0 Å². The summed E-state index contributed by atoms with van der Waals surface area (Å²) in [5.74, 6) is 1.70. The van der Waals surface area contributed by atoms with Gasteiger partial charge in [0.15, 0.2) is 17.3 Å². The van der Waals surface area contributed by atoms with E-state index in [0.717, 1.165) is 16.0 Å². The minimum absolute atomic E-state index is 0.156. The first-order chi connectivity index (χ1) is 12.6. The molecule has 0 saturated carbocycles. The summed E-state index contributed by atoms with van der Waals surface area (Å²) in [6.45, 7) is 2.03. The number of aryl methyl sites for hydroxylation is 1. The number of hydrogen-bond acceptors (Lipinski definition) is 7. The summed E-state index contributed by atoms with van der Waals surface area (Å²) in [5.41, 5.74) is 1.76. The van der Waals surface area contributed by atoms with Crippen LogP contribution in [0.5, 0.6) is 11.5 Å². The molecule has 0 radical (unpaired) electrons. The fraction of sp³-hybridized carbons (Fsp3) is 0.167. The SMILES string of the molecule is COc1ccc(-c2nc3sc(=Cc4sccc4C)c(=O)n3n2)cc1OC. The quantitative estimate of drug-likeness (QED) is 0.540. The van der Waals surface area contributed by atoms with Crippen LogP contribution in [-0.4, -0.2) is 28.8 Å². The van der Waals surface area contributed by atoms with Gasteiger partial charge >= 0.3 is 0 Å². The number of rotatable bonds is 4. The molecule has 4 aromatic rings. The molecule has 1 aromatic carbocycles. The molecule has 132 valence electrons. The molecule has 3 heterocycles. The second kappa shape index (κ2) is 6.54. The third-order valence-corrected chi connectivity index (χ3v) is 5.91. The molecule has 26 heavy (non-hydrogen) atoms. The molecular formula is C18H15N3O3S2. The molecule has 0 unspecified atom stereocenters. The smallest absolute Gasteiger partial charge is 0.291 e. The zero-order chi connectivity index (χ0) is 18.3. The van der Waals surface area contributed by atoms with E-state index in [1.165, 1.54) is 15.9 Å². The van der Waals surface area contributed by atoms with E-state index in [-0.39, 0.29) is 5.56 Å². The highest BCUT2D eigenvalue weighted by molar-refractivity contribution is 7.15. The van der Waals surface area contributed by atoms with Crippen LogP contribution in [0.25, 0.3) is 22.4 Å². The zero-order valence-corrected chi connectivity index (χ0v) is 16.0. The van der Waals surface area contributed by atoms with E-state index in [0.29, 0.717) is 26.8 Å². The molecule has 0 saturated heterocycles. The van der Waals surface area contributed by atoms with Crippen molar-refractivity contribution >= 4 is 33.7 Å². The molecule has 4 rings (SSSR count). The highest BCUT2D eigenvalue weighted by Gasteiger charge is 2.14. The molecule has 0 aliphatic rings. The maximum Gasteiger partial charge on any atom is 0.291 e.